The molecule has 4 heteroatoms. The first-order valence-corrected chi connectivity index (χ1v) is 6.65. The van der Waals surface area contributed by atoms with Gasteiger partial charge in [-0.2, -0.15) is 0 Å². The molecular formula is C15H21N3O. The highest BCUT2D eigenvalue weighted by Gasteiger charge is 2.09. The summed E-state index contributed by atoms with van der Waals surface area (Å²) in [4.78, 5) is 17.7. The van der Waals surface area contributed by atoms with Crippen molar-refractivity contribution in [2.24, 2.45) is 0 Å². The number of nitrogens with zero attached hydrogens (tertiary/aromatic N) is 2. The molecule has 0 radical (unpaired) electrons. The molecule has 0 unspecified atom stereocenters. The zero-order chi connectivity index (χ0) is 14.1. The van der Waals surface area contributed by atoms with E-state index in [4.69, 9.17) is 5.73 Å². The van der Waals surface area contributed by atoms with Gasteiger partial charge in [-0.15, -0.1) is 0 Å². The smallest absolute Gasteiger partial charge is 0.223 e. The van der Waals surface area contributed by atoms with Gasteiger partial charge in [0, 0.05) is 13.0 Å². The topological polar surface area (TPSA) is 59.2 Å². The zero-order valence-electron chi connectivity index (χ0n) is 11.6. The Morgan fingerprint density at radius 2 is 2.16 bits per heavy atom. The summed E-state index contributed by atoms with van der Waals surface area (Å²) in [7, 11) is 0. The molecule has 1 aromatic rings. The number of rotatable bonds is 5. The summed E-state index contributed by atoms with van der Waals surface area (Å²) in [6, 6.07) is 3.55. The summed E-state index contributed by atoms with van der Waals surface area (Å²) in [6.45, 7) is 5.27. The van der Waals surface area contributed by atoms with Crippen molar-refractivity contribution in [3.8, 4) is 11.8 Å². The van der Waals surface area contributed by atoms with Crippen LogP contribution in [0.2, 0.25) is 0 Å². The van der Waals surface area contributed by atoms with Crippen molar-refractivity contribution in [2.75, 3.05) is 18.8 Å². The average molecular weight is 259 g/mol. The molecule has 0 aliphatic carbocycles. The highest BCUT2D eigenvalue weighted by Crippen LogP contribution is 2.00. The fraction of sp³-hybridized carbons (Fsp3) is 0.467. The molecule has 0 spiro atoms. The Morgan fingerprint density at radius 1 is 1.37 bits per heavy atom. The van der Waals surface area contributed by atoms with E-state index >= 15 is 0 Å². The minimum absolute atomic E-state index is 0.170. The molecule has 0 aromatic carbocycles. The van der Waals surface area contributed by atoms with Crippen LogP contribution in [0, 0.1) is 11.8 Å². The summed E-state index contributed by atoms with van der Waals surface area (Å²) in [5, 5.41) is 0. The van der Waals surface area contributed by atoms with Gasteiger partial charge in [-0.05, 0) is 30.9 Å². The van der Waals surface area contributed by atoms with E-state index in [1.807, 2.05) is 6.92 Å². The van der Waals surface area contributed by atoms with E-state index in [0.29, 0.717) is 24.3 Å². The fourth-order valence-corrected chi connectivity index (χ4v) is 1.64. The Hall–Kier alpha value is -2.02. The lowest BCUT2D eigenvalue weighted by Crippen LogP contribution is -2.31. The number of amides is 1. The van der Waals surface area contributed by atoms with E-state index in [1.54, 1.807) is 23.2 Å². The van der Waals surface area contributed by atoms with Crippen LogP contribution >= 0.6 is 0 Å². The van der Waals surface area contributed by atoms with Crippen molar-refractivity contribution < 1.29 is 4.79 Å². The fourth-order valence-electron chi connectivity index (χ4n) is 1.64. The van der Waals surface area contributed by atoms with E-state index in [-0.39, 0.29) is 5.91 Å². The lowest BCUT2D eigenvalue weighted by molar-refractivity contribution is -0.130. The summed E-state index contributed by atoms with van der Waals surface area (Å²) >= 11 is 0. The van der Waals surface area contributed by atoms with Crippen LogP contribution in [-0.2, 0) is 4.79 Å². The third-order valence-electron chi connectivity index (χ3n) is 2.58. The van der Waals surface area contributed by atoms with Crippen molar-refractivity contribution >= 4 is 11.6 Å². The molecule has 4 nitrogen and oxygen atoms in total. The Labute approximate surface area is 115 Å². The van der Waals surface area contributed by atoms with Crippen LogP contribution in [0.25, 0.3) is 0 Å². The molecule has 1 heterocycles. The van der Waals surface area contributed by atoms with Crippen LogP contribution in [-0.4, -0.2) is 28.9 Å². The molecule has 0 aliphatic heterocycles. The van der Waals surface area contributed by atoms with Crippen LogP contribution in [0.4, 0.5) is 5.69 Å². The van der Waals surface area contributed by atoms with E-state index in [0.717, 1.165) is 19.4 Å². The highest BCUT2D eigenvalue weighted by atomic mass is 16.2. The van der Waals surface area contributed by atoms with Crippen molar-refractivity contribution in [3.63, 3.8) is 0 Å². The van der Waals surface area contributed by atoms with Gasteiger partial charge in [0.2, 0.25) is 5.91 Å². The summed E-state index contributed by atoms with van der Waals surface area (Å²) in [5.74, 6) is 6.11. The molecule has 2 N–H and O–H groups in total. The SMILES string of the molecule is CCCC(=O)N(CC#Cc1ccc(N)cn1)CCC. The van der Waals surface area contributed by atoms with Gasteiger partial charge in [0.15, 0.2) is 0 Å². The molecule has 1 aromatic heterocycles. The van der Waals surface area contributed by atoms with Gasteiger partial charge in [-0.25, -0.2) is 4.98 Å². The Balaban J connectivity index is 2.61. The normalized spacial score (nSPS) is 9.58. The lowest BCUT2D eigenvalue weighted by atomic mass is 10.2. The van der Waals surface area contributed by atoms with E-state index < -0.39 is 0 Å². The number of anilines is 1. The van der Waals surface area contributed by atoms with Gasteiger partial charge in [0.25, 0.3) is 0 Å². The molecule has 1 amide bonds. The van der Waals surface area contributed by atoms with Gasteiger partial charge in [-0.3, -0.25) is 4.79 Å². The Bertz CT molecular complexity index is 457. The maximum absolute atomic E-state index is 11.8. The van der Waals surface area contributed by atoms with Crippen molar-refractivity contribution in [1.29, 1.82) is 0 Å². The molecule has 0 fully saturated rings. The van der Waals surface area contributed by atoms with Gasteiger partial charge >= 0.3 is 0 Å². The predicted octanol–water partition coefficient (Wildman–Crippen LogP) is 2.05. The molecule has 0 saturated carbocycles. The van der Waals surface area contributed by atoms with Gasteiger partial charge < -0.3 is 10.6 Å². The third kappa shape index (κ3) is 5.43. The lowest BCUT2D eigenvalue weighted by Gasteiger charge is -2.18. The second-order valence-electron chi connectivity index (χ2n) is 4.34. The molecular weight excluding hydrogens is 238 g/mol. The molecule has 0 bridgehead atoms. The minimum Gasteiger partial charge on any atom is -0.397 e. The van der Waals surface area contributed by atoms with Crippen LogP contribution in [0.1, 0.15) is 38.8 Å². The van der Waals surface area contributed by atoms with E-state index in [2.05, 4.69) is 23.7 Å². The Morgan fingerprint density at radius 3 is 2.74 bits per heavy atom. The summed E-state index contributed by atoms with van der Waals surface area (Å²) < 4.78 is 0. The maximum Gasteiger partial charge on any atom is 0.223 e. The van der Waals surface area contributed by atoms with Crippen LogP contribution in [0.5, 0.6) is 0 Å². The van der Waals surface area contributed by atoms with E-state index in [9.17, 15) is 4.79 Å². The monoisotopic (exact) mass is 259 g/mol. The molecule has 19 heavy (non-hydrogen) atoms. The number of hydrogen-bond donors (Lipinski definition) is 1. The second-order valence-corrected chi connectivity index (χ2v) is 4.34. The quantitative estimate of drug-likeness (QED) is 0.823. The zero-order valence-corrected chi connectivity index (χ0v) is 11.6. The first-order chi connectivity index (χ1) is 9.17. The second kappa shape index (κ2) is 8.15. The third-order valence-corrected chi connectivity index (χ3v) is 2.58. The van der Waals surface area contributed by atoms with Crippen molar-refractivity contribution in [1.82, 2.24) is 9.88 Å². The number of hydrogen-bond acceptors (Lipinski definition) is 3. The minimum atomic E-state index is 0.170. The Kier molecular flexibility index (Phi) is 6.45. The molecule has 1 rings (SSSR count). The van der Waals surface area contributed by atoms with Crippen LogP contribution in [0.3, 0.4) is 0 Å². The molecule has 0 aliphatic rings. The van der Waals surface area contributed by atoms with Crippen molar-refractivity contribution in [2.45, 2.75) is 33.1 Å². The first kappa shape index (κ1) is 15.0. The van der Waals surface area contributed by atoms with Gasteiger partial charge in [0.1, 0.15) is 5.69 Å². The predicted molar refractivity (Wildman–Crippen MR) is 77.3 cm³/mol. The largest absolute Gasteiger partial charge is 0.397 e. The maximum atomic E-state index is 11.8. The number of nitrogen functional groups attached to an aromatic ring is 1. The van der Waals surface area contributed by atoms with Crippen LogP contribution < -0.4 is 5.73 Å². The summed E-state index contributed by atoms with van der Waals surface area (Å²) in [5.41, 5.74) is 6.85. The van der Waals surface area contributed by atoms with Crippen molar-refractivity contribution in [3.05, 3.63) is 24.0 Å². The van der Waals surface area contributed by atoms with Crippen LogP contribution in [0.15, 0.2) is 18.3 Å². The first-order valence-electron chi connectivity index (χ1n) is 6.65. The number of nitrogens with two attached hydrogens (primary N) is 1. The summed E-state index contributed by atoms with van der Waals surface area (Å²) in [6.07, 6.45) is 3.97. The number of aromatic nitrogens is 1. The standard InChI is InChI=1S/C15H21N3O/c1-3-6-15(19)18(10-4-2)11-5-7-14-9-8-13(16)12-17-14/h8-9,12H,3-4,6,10-11,16H2,1-2H3. The van der Waals surface area contributed by atoms with Gasteiger partial charge in [-0.1, -0.05) is 19.8 Å². The molecule has 0 atom stereocenters. The average Bonchev–Trinajstić information content (AvgIpc) is 2.40. The highest BCUT2D eigenvalue weighted by molar-refractivity contribution is 5.76. The number of carbonyl (C=O) groups excluding carboxylic acids is 1. The molecule has 102 valence electrons. The number of pyridine rings is 1. The van der Waals surface area contributed by atoms with E-state index in [1.165, 1.54) is 0 Å². The molecule has 0 saturated heterocycles. The van der Waals surface area contributed by atoms with Gasteiger partial charge in [0.05, 0.1) is 18.4 Å². The number of carbonyl (C=O) groups is 1.